The van der Waals surface area contributed by atoms with Gasteiger partial charge >= 0.3 is 0 Å². The summed E-state index contributed by atoms with van der Waals surface area (Å²) in [4.78, 5) is 4.25. The minimum atomic E-state index is 0.251. The monoisotopic (exact) mass is 319 g/mol. The summed E-state index contributed by atoms with van der Waals surface area (Å²) < 4.78 is 10.9. The Morgan fingerprint density at radius 2 is 2.00 bits per heavy atom. The lowest BCUT2D eigenvalue weighted by atomic mass is 10.1. The lowest BCUT2D eigenvalue weighted by Gasteiger charge is -2.03. The van der Waals surface area contributed by atoms with E-state index in [4.69, 9.17) is 9.15 Å². The fourth-order valence-corrected chi connectivity index (χ4v) is 2.36. The number of ether oxygens (including phenoxy) is 1. The molecule has 0 saturated carbocycles. The van der Waals surface area contributed by atoms with Crippen LogP contribution < -0.4 is 10.1 Å². The lowest BCUT2D eigenvalue weighted by molar-refractivity contribution is 0.415. The molecular weight excluding hydrogens is 302 g/mol. The molecule has 1 heterocycles. The Labute approximate surface area is 140 Å². The van der Waals surface area contributed by atoms with Crippen molar-refractivity contribution in [2.45, 2.75) is 6.42 Å². The highest BCUT2D eigenvalue weighted by atomic mass is 16.5. The number of hydrogen-bond donors (Lipinski definition) is 1. The van der Waals surface area contributed by atoms with Crippen LogP contribution in [0.3, 0.4) is 0 Å². The smallest absolute Gasteiger partial charge is 0.232 e. The molecule has 0 aliphatic heterocycles. The van der Waals surface area contributed by atoms with Crippen LogP contribution in [0.5, 0.6) is 5.75 Å². The van der Waals surface area contributed by atoms with E-state index in [1.165, 1.54) is 5.56 Å². The van der Waals surface area contributed by atoms with Crippen molar-refractivity contribution in [1.29, 1.82) is 5.26 Å². The van der Waals surface area contributed by atoms with Crippen molar-refractivity contribution in [3.8, 4) is 23.3 Å². The van der Waals surface area contributed by atoms with Crippen molar-refractivity contribution in [3.05, 3.63) is 65.9 Å². The van der Waals surface area contributed by atoms with Gasteiger partial charge in [0.15, 0.2) is 0 Å². The van der Waals surface area contributed by atoms with Crippen LogP contribution in [0.1, 0.15) is 11.3 Å². The van der Waals surface area contributed by atoms with Gasteiger partial charge in [0.05, 0.1) is 7.11 Å². The van der Waals surface area contributed by atoms with Crippen LogP contribution in [-0.2, 0) is 6.42 Å². The Kier molecular flexibility index (Phi) is 4.78. The zero-order chi connectivity index (χ0) is 16.8. The zero-order valence-corrected chi connectivity index (χ0v) is 13.3. The molecule has 1 aromatic heterocycles. The Hall–Kier alpha value is -3.26. The predicted octanol–water partition coefficient (Wildman–Crippen LogP) is 3.88. The zero-order valence-electron chi connectivity index (χ0n) is 13.3. The average molecular weight is 319 g/mol. The van der Waals surface area contributed by atoms with Crippen molar-refractivity contribution >= 4 is 5.88 Å². The van der Waals surface area contributed by atoms with E-state index in [-0.39, 0.29) is 5.69 Å². The van der Waals surface area contributed by atoms with Gasteiger partial charge in [-0.3, -0.25) is 0 Å². The minimum Gasteiger partial charge on any atom is -0.497 e. The molecule has 3 aromatic rings. The molecule has 5 nitrogen and oxygen atoms in total. The quantitative estimate of drug-likeness (QED) is 0.746. The lowest BCUT2D eigenvalue weighted by Crippen LogP contribution is -2.05. The molecule has 0 spiro atoms. The number of nitrogens with zero attached hydrogens (tertiary/aromatic N) is 2. The fraction of sp³-hybridized carbons (Fsp3) is 0.158. The van der Waals surface area contributed by atoms with Gasteiger partial charge < -0.3 is 14.5 Å². The third-order valence-electron chi connectivity index (χ3n) is 3.59. The molecule has 0 amide bonds. The second-order valence-electron chi connectivity index (χ2n) is 5.20. The van der Waals surface area contributed by atoms with Crippen LogP contribution in [-0.4, -0.2) is 18.6 Å². The molecule has 0 radical (unpaired) electrons. The van der Waals surface area contributed by atoms with E-state index in [0.717, 1.165) is 12.0 Å². The first-order valence-electron chi connectivity index (χ1n) is 7.63. The van der Waals surface area contributed by atoms with Crippen molar-refractivity contribution in [2.75, 3.05) is 19.0 Å². The second kappa shape index (κ2) is 7.34. The summed E-state index contributed by atoms with van der Waals surface area (Å²) in [6.45, 7) is 0.658. The van der Waals surface area contributed by atoms with E-state index in [9.17, 15) is 5.26 Å². The number of benzene rings is 2. The maximum atomic E-state index is 9.26. The molecule has 1 N–H and O–H groups in total. The topological polar surface area (TPSA) is 71.1 Å². The van der Waals surface area contributed by atoms with E-state index < -0.39 is 0 Å². The number of nitrogens with one attached hydrogen (secondary N) is 1. The highest BCUT2D eigenvalue weighted by Gasteiger charge is 2.14. The summed E-state index contributed by atoms with van der Waals surface area (Å²) in [6.07, 6.45) is 0.834. The molecule has 24 heavy (non-hydrogen) atoms. The molecule has 2 aromatic carbocycles. The van der Waals surface area contributed by atoms with Gasteiger partial charge in [-0.1, -0.05) is 36.4 Å². The summed E-state index contributed by atoms with van der Waals surface area (Å²) in [7, 11) is 1.60. The highest BCUT2D eigenvalue weighted by molar-refractivity contribution is 5.60. The fourth-order valence-electron chi connectivity index (χ4n) is 2.36. The van der Waals surface area contributed by atoms with E-state index in [1.54, 1.807) is 7.11 Å². The SMILES string of the molecule is COc1cccc(-c2nc(C#N)c(NCCc3ccccc3)o2)c1. The number of hydrogen-bond acceptors (Lipinski definition) is 5. The summed E-state index contributed by atoms with van der Waals surface area (Å²) in [5, 5.41) is 12.4. The number of oxazole rings is 1. The maximum absolute atomic E-state index is 9.26. The molecule has 0 atom stereocenters. The van der Waals surface area contributed by atoms with Crippen LogP contribution in [0.4, 0.5) is 5.88 Å². The van der Waals surface area contributed by atoms with Crippen LogP contribution in [0.25, 0.3) is 11.5 Å². The molecule has 0 aliphatic rings. The van der Waals surface area contributed by atoms with Crippen LogP contribution >= 0.6 is 0 Å². The molecule has 0 bridgehead atoms. The molecule has 0 saturated heterocycles. The largest absolute Gasteiger partial charge is 0.497 e. The van der Waals surface area contributed by atoms with E-state index in [2.05, 4.69) is 28.5 Å². The van der Waals surface area contributed by atoms with Gasteiger partial charge in [0.2, 0.25) is 17.5 Å². The van der Waals surface area contributed by atoms with Crippen molar-refractivity contribution in [2.24, 2.45) is 0 Å². The van der Waals surface area contributed by atoms with Crippen LogP contribution in [0, 0.1) is 11.3 Å². The van der Waals surface area contributed by atoms with Gasteiger partial charge in [0.1, 0.15) is 11.8 Å². The van der Waals surface area contributed by atoms with Gasteiger partial charge in [-0.25, -0.2) is 0 Å². The predicted molar refractivity (Wildman–Crippen MR) is 91.8 cm³/mol. The third-order valence-corrected chi connectivity index (χ3v) is 3.59. The molecule has 120 valence electrons. The number of nitriles is 1. The standard InChI is InChI=1S/C19H17N3O2/c1-23-16-9-5-8-15(12-16)18-22-17(13-20)19(24-18)21-11-10-14-6-3-2-4-7-14/h2-9,12,21H,10-11H2,1H3. The molecular formula is C19H17N3O2. The van der Waals surface area contributed by atoms with Crippen molar-refractivity contribution in [1.82, 2.24) is 4.98 Å². The van der Waals surface area contributed by atoms with Gasteiger partial charge in [0.25, 0.3) is 0 Å². The van der Waals surface area contributed by atoms with Crippen LogP contribution in [0.2, 0.25) is 0 Å². The van der Waals surface area contributed by atoms with Gasteiger partial charge in [-0.05, 0) is 30.2 Å². The molecule has 0 fully saturated rings. The maximum Gasteiger partial charge on any atom is 0.232 e. The van der Waals surface area contributed by atoms with Gasteiger partial charge in [-0.15, -0.1) is 0 Å². The normalized spacial score (nSPS) is 10.2. The van der Waals surface area contributed by atoms with Crippen molar-refractivity contribution < 1.29 is 9.15 Å². The summed E-state index contributed by atoms with van der Waals surface area (Å²) in [6, 6.07) is 19.6. The number of rotatable bonds is 6. The Morgan fingerprint density at radius 1 is 1.17 bits per heavy atom. The van der Waals surface area contributed by atoms with Crippen molar-refractivity contribution in [3.63, 3.8) is 0 Å². The van der Waals surface area contributed by atoms with E-state index in [1.807, 2.05) is 42.5 Å². The summed E-state index contributed by atoms with van der Waals surface area (Å²) in [5.41, 5.74) is 2.24. The van der Waals surface area contributed by atoms with E-state index in [0.29, 0.717) is 24.1 Å². The average Bonchev–Trinajstić information content (AvgIpc) is 3.06. The second-order valence-corrected chi connectivity index (χ2v) is 5.20. The van der Waals surface area contributed by atoms with Crippen LogP contribution in [0.15, 0.2) is 59.0 Å². The Bertz CT molecular complexity index is 851. The molecule has 0 aliphatic carbocycles. The van der Waals surface area contributed by atoms with E-state index >= 15 is 0 Å². The first kappa shape index (κ1) is 15.6. The number of aromatic nitrogens is 1. The van der Waals surface area contributed by atoms with Gasteiger partial charge in [-0.2, -0.15) is 10.2 Å². The highest BCUT2D eigenvalue weighted by Crippen LogP contribution is 2.27. The summed E-state index contributed by atoms with van der Waals surface area (Å²) in [5.74, 6) is 1.50. The molecule has 3 rings (SSSR count). The molecule has 5 heteroatoms. The Balaban J connectivity index is 1.74. The summed E-state index contributed by atoms with van der Waals surface area (Å²) >= 11 is 0. The first-order chi connectivity index (χ1) is 11.8. The first-order valence-corrected chi connectivity index (χ1v) is 7.63. The number of anilines is 1. The molecule has 0 unspecified atom stereocenters. The Morgan fingerprint density at radius 3 is 2.75 bits per heavy atom. The number of methoxy groups -OCH3 is 1. The minimum absolute atomic E-state index is 0.251. The third kappa shape index (κ3) is 3.55. The van der Waals surface area contributed by atoms with Gasteiger partial charge in [0, 0.05) is 12.1 Å².